The summed E-state index contributed by atoms with van der Waals surface area (Å²) in [5, 5.41) is 4.82. The van der Waals surface area contributed by atoms with Crippen molar-refractivity contribution in [2.45, 2.75) is 31.2 Å². The van der Waals surface area contributed by atoms with Gasteiger partial charge in [-0.3, -0.25) is 4.57 Å². The molecule has 1 aromatic heterocycles. The van der Waals surface area contributed by atoms with E-state index in [2.05, 4.69) is 11.4 Å². The number of fused-ring (bicyclic) bond motifs is 2. The minimum atomic E-state index is -0.647. The van der Waals surface area contributed by atoms with Gasteiger partial charge in [-0.2, -0.15) is 0 Å². The van der Waals surface area contributed by atoms with Gasteiger partial charge in [-0.05, 0) is 43.0 Å². The number of benzene rings is 1. The second kappa shape index (κ2) is 3.84. The normalized spacial score (nSPS) is 25.3. The molecule has 1 aliphatic carbocycles. The first kappa shape index (κ1) is 11.1. The number of aromatic nitrogens is 1. The molecule has 1 aliphatic heterocycles. The van der Waals surface area contributed by atoms with E-state index in [1.165, 1.54) is 33.9 Å². The van der Waals surface area contributed by atoms with Crippen molar-refractivity contribution in [1.82, 2.24) is 15.6 Å². The summed E-state index contributed by atoms with van der Waals surface area (Å²) in [6, 6.07) is 5.99. The van der Waals surface area contributed by atoms with Crippen molar-refractivity contribution in [2.24, 2.45) is 0 Å². The summed E-state index contributed by atoms with van der Waals surface area (Å²) in [7, 11) is 0. The topological polar surface area (TPSA) is 57.8 Å². The molecule has 2 heterocycles. The van der Waals surface area contributed by atoms with Gasteiger partial charge in [0, 0.05) is 23.5 Å². The van der Waals surface area contributed by atoms with Crippen LogP contribution in [0, 0.1) is 0 Å². The van der Waals surface area contributed by atoms with Gasteiger partial charge in [0.25, 0.3) is 0 Å². The molecule has 0 spiro atoms. The smallest absolute Gasteiger partial charge is 0.313 e. The van der Waals surface area contributed by atoms with Crippen LogP contribution >= 0.6 is 0 Å². The van der Waals surface area contributed by atoms with E-state index in [9.17, 15) is 4.79 Å². The summed E-state index contributed by atoms with van der Waals surface area (Å²) in [5.41, 5.74) is 10.9. The van der Waals surface area contributed by atoms with Crippen molar-refractivity contribution in [3.63, 3.8) is 0 Å². The van der Waals surface area contributed by atoms with Gasteiger partial charge in [-0.1, -0.05) is 12.1 Å². The van der Waals surface area contributed by atoms with E-state index in [0.29, 0.717) is 12.0 Å². The Morgan fingerprint density at radius 1 is 1.42 bits per heavy atom. The lowest BCUT2D eigenvalue weighted by Crippen LogP contribution is -2.43. The van der Waals surface area contributed by atoms with Crippen molar-refractivity contribution >= 4 is 16.9 Å². The Kier molecular flexibility index (Phi) is 2.23. The van der Waals surface area contributed by atoms with Crippen LogP contribution in [0.2, 0.25) is 0 Å². The molecule has 1 aromatic carbocycles. The summed E-state index contributed by atoms with van der Waals surface area (Å²) in [5.74, 6) is 0.557. The Labute approximate surface area is 111 Å². The summed E-state index contributed by atoms with van der Waals surface area (Å²) in [4.78, 5) is 11.4. The standard InChI is InChI=1S/C15H16N3O/c16-15(19)18-8-9-7-12-10(4-2-6-17-12)11-3-1-5-13(18)14(9)11/h1,3,5,8,10,12,16-17H,2,4,6-7H2/t10-,12-/m1/s1. The van der Waals surface area contributed by atoms with Crippen LogP contribution in [0.4, 0.5) is 4.79 Å². The van der Waals surface area contributed by atoms with Gasteiger partial charge in [-0.15, -0.1) is 0 Å². The van der Waals surface area contributed by atoms with E-state index in [0.717, 1.165) is 18.5 Å². The van der Waals surface area contributed by atoms with E-state index in [1.54, 1.807) is 0 Å². The molecule has 4 nitrogen and oxygen atoms in total. The molecule has 2 N–H and O–H groups in total. The maximum atomic E-state index is 11.4. The van der Waals surface area contributed by atoms with Crippen LogP contribution < -0.4 is 11.1 Å². The zero-order chi connectivity index (χ0) is 13.0. The zero-order valence-corrected chi connectivity index (χ0v) is 10.6. The lowest BCUT2D eigenvalue weighted by Gasteiger charge is -2.36. The first-order valence-electron chi connectivity index (χ1n) is 6.88. The lowest BCUT2D eigenvalue weighted by atomic mass is 9.76. The second-order valence-corrected chi connectivity index (χ2v) is 5.58. The first-order chi connectivity index (χ1) is 9.25. The van der Waals surface area contributed by atoms with Gasteiger partial charge in [0.15, 0.2) is 0 Å². The summed E-state index contributed by atoms with van der Waals surface area (Å²) in [6.07, 6.45) is 5.26. The predicted octanol–water partition coefficient (Wildman–Crippen LogP) is 2.28. The van der Waals surface area contributed by atoms with Crippen molar-refractivity contribution in [2.75, 3.05) is 6.54 Å². The number of amides is 1. The maximum absolute atomic E-state index is 11.4. The molecule has 0 unspecified atom stereocenters. The van der Waals surface area contributed by atoms with Crippen molar-refractivity contribution in [3.8, 4) is 0 Å². The minimum absolute atomic E-state index is 0.489. The molecular formula is C15H16N3O. The quantitative estimate of drug-likeness (QED) is 0.784. The van der Waals surface area contributed by atoms with Crippen LogP contribution in [0.15, 0.2) is 24.4 Å². The Hall–Kier alpha value is -1.81. The molecular weight excluding hydrogens is 238 g/mol. The largest absolute Gasteiger partial charge is 0.344 e. The van der Waals surface area contributed by atoms with Crippen LogP contribution in [-0.2, 0) is 6.42 Å². The molecule has 4 rings (SSSR count). The molecule has 19 heavy (non-hydrogen) atoms. The van der Waals surface area contributed by atoms with E-state index in [-0.39, 0.29) is 0 Å². The number of carbonyl (C=O) groups is 1. The highest BCUT2D eigenvalue weighted by atomic mass is 16.2. The molecule has 97 valence electrons. The number of rotatable bonds is 0. The molecule has 4 heteroatoms. The predicted molar refractivity (Wildman–Crippen MR) is 73.3 cm³/mol. The van der Waals surface area contributed by atoms with Crippen LogP contribution in [0.5, 0.6) is 0 Å². The number of nitrogens with zero attached hydrogens (tertiary/aromatic N) is 1. The van der Waals surface area contributed by atoms with E-state index < -0.39 is 6.03 Å². The molecule has 0 saturated carbocycles. The van der Waals surface area contributed by atoms with E-state index in [4.69, 9.17) is 5.73 Å². The second-order valence-electron chi connectivity index (χ2n) is 5.58. The van der Waals surface area contributed by atoms with Gasteiger partial charge in [0.05, 0.1) is 5.52 Å². The van der Waals surface area contributed by atoms with Gasteiger partial charge in [-0.25, -0.2) is 10.5 Å². The Morgan fingerprint density at radius 2 is 2.32 bits per heavy atom. The number of carbonyl (C=O) groups excluding carboxylic acids is 1. The molecule has 1 amide bonds. The van der Waals surface area contributed by atoms with Crippen molar-refractivity contribution in [3.05, 3.63) is 35.5 Å². The molecule has 1 fully saturated rings. The van der Waals surface area contributed by atoms with Crippen molar-refractivity contribution in [1.29, 1.82) is 0 Å². The average Bonchev–Trinajstić information content (AvgIpc) is 2.80. The third-order valence-electron chi connectivity index (χ3n) is 4.58. The van der Waals surface area contributed by atoms with Crippen LogP contribution in [0.1, 0.15) is 29.9 Å². The highest BCUT2D eigenvalue weighted by molar-refractivity contribution is 5.95. The fraction of sp³-hybridized carbons (Fsp3) is 0.400. The molecule has 1 radical (unpaired) electrons. The SMILES string of the molecule is [NH]C(=O)n1cc2c3c(cccc31)[C@H]1CCCN[C@@H]1C2. The molecule has 2 aromatic rings. The Morgan fingerprint density at radius 3 is 3.16 bits per heavy atom. The van der Waals surface area contributed by atoms with Crippen molar-refractivity contribution < 1.29 is 4.79 Å². The lowest BCUT2D eigenvalue weighted by molar-refractivity contribution is 0.250. The van der Waals surface area contributed by atoms with Gasteiger partial charge in [0.2, 0.25) is 0 Å². The van der Waals surface area contributed by atoms with Gasteiger partial charge < -0.3 is 5.32 Å². The fourth-order valence-corrected chi connectivity index (χ4v) is 3.81. The fourth-order valence-electron chi connectivity index (χ4n) is 3.81. The van der Waals surface area contributed by atoms with E-state index in [1.807, 2.05) is 18.3 Å². The average molecular weight is 254 g/mol. The number of nitrogens with one attached hydrogen (secondary N) is 2. The number of hydrogen-bond acceptors (Lipinski definition) is 2. The Bertz CT molecular complexity index is 673. The maximum Gasteiger partial charge on any atom is 0.344 e. The highest BCUT2D eigenvalue weighted by Crippen LogP contribution is 2.41. The third kappa shape index (κ3) is 1.46. The number of piperidine rings is 1. The minimum Gasteiger partial charge on any atom is -0.313 e. The Balaban J connectivity index is 1.99. The summed E-state index contributed by atoms with van der Waals surface area (Å²) < 4.78 is 1.48. The summed E-state index contributed by atoms with van der Waals surface area (Å²) >= 11 is 0. The zero-order valence-electron chi connectivity index (χ0n) is 10.6. The number of hydrogen-bond donors (Lipinski definition) is 1. The molecule has 2 aliphatic rings. The van der Waals surface area contributed by atoms with Crippen LogP contribution in [-0.4, -0.2) is 23.2 Å². The van der Waals surface area contributed by atoms with Crippen LogP contribution in [0.3, 0.4) is 0 Å². The van der Waals surface area contributed by atoms with Crippen LogP contribution in [0.25, 0.3) is 10.9 Å². The third-order valence-corrected chi connectivity index (χ3v) is 4.58. The highest BCUT2D eigenvalue weighted by Gasteiger charge is 2.33. The molecule has 2 atom stereocenters. The van der Waals surface area contributed by atoms with Gasteiger partial charge >= 0.3 is 6.03 Å². The summed E-state index contributed by atoms with van der Waals surface area (Å²) in [6.45, 7) is 1.09. The van der Waals surface area contributed by atoms with Gasteiger partial charge in [0.1, 0.15) is 0 Å². The van der Waals surface area contributed by atoms with E-state index >= 15 is 0 Å². The first-order valence-corrected chi connectivity index (χ1v) is 6.88. The molecule has 0 bridgehead atoms. The monoisotopic (exact) mass is 254 g/mol. The molecule has 1 saturated heterocycles.